The minimum atomic E-state index is -1.09. The van der Waals surface area contributed by atoms with Crippen molar-refractivity contribution < 1.29 is 14.7 Å². The van der Waals surface area contributed by atoms with E-state index >= 15 is 0 Å². The van der Waals surface area contributed by atoms with Crippen LogP contribution in [0, 0.1) is 6.92 Å². The van der Waals surface area contributed by atoms with Gasteiger partial charge in [-0.05, 0) is 19.8 Å². The van der Waals surface area contributed by atoms with Crippen LogP contribution in [0.15, 0.2) is 4.79 Å². The van der Waals surface area contributed by atoms with E-state index in [4.69, 9.17) is 5.11 Å². The number of carboxylic acid groups (broad SMARTS) is 1. The summed E-state index contributed by atoms with van der Waals surface area (Å²) >= 11 is 0. The SMILES string of the molecule is Cc1nc(C(C)C)[nH]c(=O)c1C(=O)N(CC(=O)O)C1CC1. The van der Waals surface area contributed by atoms with E-state index < -0.39 is 24.0 Å². The quantitative estimate of drug-likeness (QED) is 0.839. The fraction of sp³-hybridized carbons (Fsp3) is 0.571. The molecule has 21 heavy (non-hydrogen) atoms. The lowest BCUT2D eigenvalue weighted by Crippen LogP contribution is -2.41. The Morgan fingerprint density at radius 1 is 1.43 bits per heavy atom. The number of amides is 1. The van der Waals surface area contributed by atoms with E-state index in [2.05, 4.69) is 9.97 Å². The number of nitrogens with one attached hydrogen (secondary N) is 1. The Kier molecular flexibility index (Phi) is 4.11. The summed E-state index contributed by atoms with van der Waals surface area (Å²) in [6, 6.07) is -0.0859. The second-order valence-electron chi connectivity index (χ2n) is 5.62. The number of hydrogen-bond acceptors (Lipinski definition) is 4. The Labute approximate surface area is 122 Å². The van der Waals surface area contributed by atoms with Gasteiger partial charge in [0, 0.05) is 12.0 Å². The third-order valence-corrected chi connectivity index (χ3v) is 3.43. The fourth-order valence-electron chi connectivity index (χ4n) is 2.18. The summed E-state index contributed by atoms with van der Waals surface area (Å²) in [5.41, 5.74) is -0.233. The van der Waals surface area contributed by atoms with E-state index in [9.17, 15) is 14.4 Å². The van der Waals surface area contributed by atoms with Crippen molar-refractivity contribution >= 4 is 11.9 Å². The second-order valence-corrected chi connectivity index (χ2v) is 5.62. The Balaban J connectivity index is 2.38. The lowest BCUT2D eigenvalue weighted by molar-refractivity contribution is -0.137. The maximum absolute atomic E-state index is 12.5. The molecule has 1 fully saturated rings. The van der Waals surface area contributed by atoms with Crippen molar-refractivity contribution in [1.29, 1.82) is 0 Å². The van der Waals surface area contributed by atoms with Gasteiger partial charge in [0.05, 0.1) is 5.69 Å². The van der Waals surface area contributed by atoms with Crippen molar-refractivity contribution in [2.24, 2.45) is 0 Å². The monoisotopic (exact) mass is 293 g/mol. The van der Waals surface area contributed by atoms with Crippen LogP contribution in [0.25, 0.3) is 0 Å². The summed E-state index contributed by atoms with van der Waals surface area (Å²) in [5.74, 6) is -1.08. The zero-order chi connectivity index (χ0) is 15.7. The second kappa shape index (κ2) is 5.67. The van der Waals surface area contributed by atoms with Gasteiger partial charge >= 0.3 is 5.97 Å². The van der Waals surface area contributed by atoms with Gasteiger partial charge in [-0.15, -0.1) is 0 Å². The van der Waals surface area contributed by atoms with Gasteiger partial charge in [0.25, 0.3) is 11.5 Å². The van der Waals surface area contributed by atoms with Crippen LogP contribution in [0.1, 0.15) is 54.5 Å². The van der Waals surface area contributed by atoms with Crippen LogP contribution in [0.3, 0.4) is 0 Å². The average Bonchev–Trinajstić information content (AvgIpc) is 3.18. The van der Waals surface area contributed by atoms with Crippen molar-refractivity contribution in [2.45, 2.75) is 45.6 Å². The molecule has 1 aromatic rings. The number of H-pyrrole nitrogens is 1. The first-order valence-corrected chi connectivity index (χ1v) is 6.94. The third kappa shape index (κ3) is 3.29. The number of aryl methyl sites for hydroxylation is 1. The first kappa shape index (κ1) is 15.2. The molecule has 0 unspecified atom stereocenters. The topological polar surface area (TPSA) is 103 Å². The van der Waals surface area contributed by atoms with Gasteiger partial charge in [-0.1, -0.05) is 13.8 Å². The summed E-state index contributed by atoms with van der Waals surface area (Å²) in [5, 5.41) is 8.92. The van der Waals surface area contributed by atoms with Gasteiger partial charge in [-0.3, -0.25) is 14.4 Å². The number of aliphatic carboxylic acids is 1. The molecule has 0 bridgehead atoms. The fourth-order valence-corrected chi connectivity index (χ4v) is 2.18. The normalized spacial score (nSPS) is 14.3. The summed E-state index contributed by atoms with van der Waals surface area (Å²) in [4.78, 5) is 43.6. The molecule has 0 spiro atoms. The molecule has 1 aliphatic carbocycles. The molecular formula is C14H19N3O4. The molecule has 7 nitrogen and oxygen atoms in total. The molecule has 114 valence electrons. The standard InChI is InChI=1S/C14H19N3O4/c1-7(2)12-15-8(3)11(13(20)16-12)14(21)17(6-10(18)19)9-4-5-9/h7,9H,4-6H2,1-3H3,(H,18,19)(H,15,16,20). The number of rotatable bonds is 5. The Hall–Kier alpha value is -2.18. The van der Waals surface area contributed by atoms with Crippen LogP contribution in [0.2, 0.25) is 0 Å². The van der Waals surface area contributed by atoms with Crippen molar-refractivity contribution in [2.75, 3.05) is 6.54 Å². The highest BCUT2D eigenvalue weighted by atomic mass is 16.4. The van der Waals surface area contributed by atoms with Crippen LogP contribution in [-0.4, -0.2) is 44.4 Å². The van der Waals surface area contributed by atoms with Gasteiger partial charge < -0.3 is 15.0 Å². The van der Waals surface area contributed by atoms with Gasteiger partial charge in [0.1, 0.15) is 17.9 Å². The molecule has 0 saturated heterocycles. The minimum Gasteiger partial charge on any atom is -0.480 e. The van der Waals surface area contributed by atoms with Crippen LogP contribution in [0.5, 0.6) is 0 Å². The molecule has 1 amide bonds. The molecule has 2 rings (SSSR count). The van der Waals surface area contributed by atoms with Crippen molar-refractivity contribution in [3.63, 3.8) is 0 Å². The van der Waals surface area contributed by atoms with E-state index in [1.807, 2.05) is 13.8 Å². The zero-order valence-electron chi connectivity index (χ0n) is 12.3. The van der Waals surface area contributed by atoms with Crippen LogP contribution in [0.4, 0.5) is 0 Å². The molecule has 0 aliphatic heterocycles. The minimum absolute atomic E-state index is 0.0408. The third-order valence-electron chi connectivity index (χ3n) is 3.43. The number of aromatic nitrogens is 2. The molecule has 7 heteroatoms. The van der Waals surface area contributed by atoms with Crippen molar-refractivity contribution in [3.8, 4) is 0 Å². The smallest absolute Gasteiger partial charge is 0.323 e. The van der Waals surface area contributed by atoms with Gasteiger partial charge in [0.2, 0.25) is 0 Å². The van der Waals surface area contributed by atoms with E-state index in [0.717, 1.165) is 12.8 Å². The number of carbonyl (C=O) groups is 2. The first-order chi connectivity index (χ1) is 9.81. The molecule has 0 atom stereocenters. The number of aromatic amines is 1. The van der Waals surface area contributed by atoms with Crippen LogP contribution in [-0.2, 0) is 4.79 Å². The number of carbonyl (C=O) groups excluding carboxylic acids is 1. The lowest BCUT2D eigenvalue weighted by atomic mass is 10.1. The van der Waals surface area contributed by atoms with Gasteiger partial charge in [-0.2, -0.15) is 0 Å². The van der Waals surface area contributed by atoms with Crippen LogP contribution >= 0.6 is 0 Å². The molecule has 1 aromatic heterocycles. The molecular weight excluding hydrogens is 274 g/mol. The maximum Gasteiger partial charge on any atom is 0.323 e. The number of nitrogens with zero attached hydrogens (tertiary/aromatic N) is 2. The van der Waals surface area contributed by atoms with Crippen molar-refractivity contribution in [3.05, 3.63) is 27.4 Å². The molecule has 0 radical (unpaired) electrons. The van der Waals surface area contributed by atoms with Gasteiger partial charge in [0.15, 0.2) is 0 Å². The van der Waals surface area contributed by atoms with E-state index in [-0.39, 0.29) is 17.5 Å². The molecule has 1 aliphatic rings. The Morgan fingerprint density at radius 2 is 2.05 bits per heavy atom. The Bertz CT molecular complexity index is 632. The largest absolute Gasteiger partial charge is 0.480 e. The highest BCUT2D eigenvalue weighted by molar-refractivity contribution is 5.96. The molecule has 2 N–H and O–H groups in total. The number of carboxylic acids is 1. The average molecular weight is 293 g/mol. The molecule has 0 aromatic carbocycles. The summed E-state index contributed by atoms with van der Waals surface area (Å²) in [6.45, 7) is 4.98. The summed E-state index contributed by atoms with van der Waals surface area (Å²) in [6.07, 6.45) is 1.54. The molecule has 1 saturated carbocycles. The van der Waals surface area contributed by atoms with E-state index in [1.54, 1.807) is 6.92 Å². The highest BCUT2D eigenvalue weighted by Gasteiger charge is 2.36. The van der Waals surface area contributed by atoms with E-state index in [0.29, 0.717) is 11.5 Å². The maximum atomic E-state index is 12.5. The molecule has 1 heterocycles. The summed E-state index contributed by atoms with van der Waals surface area (Å²) in [7, 11) is 0. The summed E-state index contributed by atoms with van der Waals surface area (Å²) < 4.78 is 0. The predicted octanol–water partition coefficient (Wildman–Crippen LogP) is 0.891. The lowest BCUT2D eigenvalue weighted by Gasteiger charge is -2.20. The van der Waals surface area contributed by atoms with E-state index in [1.165, 1.54) is 4.90 Å². The number of hydrogen-bond donors (Lipinski definition) is 2. The highest BCUT2D eigenvalue weighted by Crippen LogP contribution is 2.28. The Morgan fingerprint density at radius 3 is 2.48 bits per heavy atom. The van der Waals surface area contributed by atoms with Crippen LogP contribution < -0.4 is 5.56 Å². The van der Waals surface area contributed by atoms with Gasteiger partial charge in [-0.25, -0.2) is 4.98 Å². The van der Waals surface area contributed by atoms with Crippen molar-refractivity contribution in [1.82, 2.24) is 14.9 Å². The first-order valence-electron chi connectivity index (χ1n) is 6.94. The zero-order valence-corrected chi connectivity index (χ0v) is 12.3. The predicted molar refractivity (Wildman–Crippen MR) is 75.4 cm³/mol.